The molecule has 4 atom stereocenters. The molecule has 0 N–H and O–H groups in total. The van der Waals surface area contributed by atoms with Crippen molar-refractivity contribution in [2.75, 3.05) is 6.61 Å². The van der Waals surface area contributed by atoms with Gasteiger partial charge in [-0.25, -0.2) is 0 Å². The van der Waals surface area contributed by atoms with Gasteiger partial charge in [0, 0.05) is 12.5 Å². The Balaban J connectivity index is 2.01. The predicted octanol–water partition coefficient (Wildman–Crippen LogP) is 5.51. The first-order valence-electron chi connectivity index (χ1n) is 11.2. The van der Waals surface area contributed by atoms with Crippen molar-refractivity contribution in [3.8, 4) is 0 Å². The number of ether oxygens (including phenoxy) is 1. The Morgan fingerprint density at radius 3 is 1.94 bits per heavy atom. The number of allylic oxidation sites excluding steroid dienone is 2. The van der Waals surface area contributed by atoms with Gasteiger partial charge >= 0.3 is 0 Å². The summed E-state index contributed by atoms with van der Waals surface area (Å²) in [6, 6.07) is 21.6. The molecule has 31 heavy (non-hydrogen) atoms. The molecule has 1 heterocycles. The van der Waals surface area contributed by atoms with Gasteiger partial charge in [0.2, 0.25) is 0 Å². The Morgan fingerprint density at radius 1 is 0.935 bits per heavy atom. The fourth-order valence-electron chi connectivity index (χ4n) is 4.82. The summed E-state index contributed by atoms with van der Waals surface area (Å²) in [6.45, 7) is 17.7. The van der Waals surface area contributed by atoms with Crippen LogP contribution in [0.2, 0.25) is 5.04 Å². The molecule has 1 aliphatic heterocycles. The van der Waals surface area contributed by atoms with Crippen molar-refractivity contribution in [3.05, 3.63) is 98.1 Å². The van der Waals surface area contributed by atoms with E-state index in [9.17, 15) is 0 Å². The largest absolute Gasteiger partial charge is 0.407 e. The molecule has 0 saturated carbocycles. The molecule has 2 nitrogen and oxygen atoms in total. The fraction of sp³-hybridized carbons (Fsp3) is 0.357. The molecule has 0 spiro atoms. The molecule has 0 amide bonds. The highest BCUT2D eigenvalue weighted by Gasteiger charge is 2.51. The maximum atomic E-state index is 7.17. The second-order valence-electron chi connectivity index (χ2n) is 9.42. The second kappa shape index (κ2) is 9.95. The minimum atomic E-state index is -2.56. The van der Waals surface area contributed by atoms with Crippen molar-refractivity contribution in [1.82, 2.24) is 0 Å². The first-order chi connectivity index (χ1) is 14.8. The number of benzene rings is 2. The van der Waals surface area contributed by atoms with Crippen LogP contribution in [0.1, 0.15) is 27.7 Å². The van der Waals surface area contributed by atoms with Crippen molar-refractivity contribution in [1.29, 1.82) is 0 Å². The highest BCUT2D eigenvalue weighted by atomic mass is 28.4. The molecule has 1 fully saturated rings. The zero-order valence-corrected chi connectivity index (χ0v) is 20.3. The van der Waals surface area contributed by atoms with Gasteiger partial charge in [0.05, 0.1) is 12.2 Å². The molecule has 0 radical (unpaired) electrons. The van der Waals surface area contributed by atoms with Crippen LogP contribution in [0.25, 0.3) is 0 Å². The normalized spacial score (nSPS) is 24.4. The minimum absolute atomic E-state index is 0.0207. The van der Waals surface area contributed by atoms with Gasteiger partial charge in [-0.2, -0.15) is 0 Å². The van der Waals surface area contributed by atoms with Gasteiger partial charge in [0.1, 0.15) is 0 Å². The molecule has 164 valence electrons. The third-order valence-electron chi connectivity index (χ3n) is 6.51. The van der Waals surface area contributed by atoms with E-state index in [1.807, 2.05) is 12.2 Å². The lowest BCUT2D eigenvalue weighted by Crippen LogP contribution is -2.67. The van der Waals surface area contributed by atoms with Crippen LogP contribution in [-0.4, -0.2) is 27.1 Å². The SMILES string of the molecule is C=C/C=C/[C@H]1O[C@@H](C=C)[C@H](CO[Si](c2ccccc2)(c2ccccc2)C(C)(C)C)[C@@H]1C. The van der Waals surface area contributed by atoms with Gasteiger partial charge in [-0.1, -0.05) is 119 Å². The third kappa shape index (κ3) is 4.69. The Labute approximate surface area is 189 Å². The quantitative estimate of drug-likeness (QED) is 0.311. The van der Waals surface area contributed by atoms with Crippen molar-refractivity contribution in [2.24, 2.45) is 11.8 Å². The Bertz CT molecular complexity index is 843. The van der Waals surface area contributed by atoms with Crippen LogP contribution in [0.5, 0.6) is 0 Å². The third-order valence-corrected chi connectivity index (χ3v) is 11.5. The van der Waals surface area contributed by atoms with Gasteiger partial charge in [-0.15, -0.1) is 6.58 Å². The molecule has 0 unspecified atom stereocenters. The summed E-state index contributed by atoms with van der Waals surface area (Å²) in [6.07, 6.45) is 7.81. The van der Waals surface area contributed by atoms with Crippen molar-refractivity contribution >= 4 is 18.7 Å². The van der Waals surface area contributed by atoms with E-state index >= 15 is 0 Å². The summed E-state index contributed by atoms with van der Waals surface area (Å²) in [5.41, 5.74) is 0. The fourth-order valence-corrected chi connectivity index (χ4v) is 9.42. The lowest BCUT2D eigenvalue weighted by atomic mass is 9.89. The topological polar surface area (TPSA) is 18.5 Å². The van der Waals surface area contributed by atoms with E-state index in [0.29, 0.717) is 12.5 Å². The molecular formula is C28H36O2Si. The first-order valence-corrected chi connectivity index (χ1v) is 13.1. The summed E-state index contributed by atoms with van der Waals surface area (Å²) < 4.78 is 13.5. The summed E-state index contributed by atoms with van der Waals surface area (Å²) in [5, 5.41) is 2.57. The lowest BCUT2D eigenvalue weighted by Gasteiger charge is -2.44. The first kappa shape index (κ1) is 23.5. The Morgan fingerprint density at radius 2 is 1.48 bits per heavy atom. The lowest BCUT2D eigenvalue weighted by molar-refractivity contribution is 0.0775. The molecule has 0 aliphatic carbocycles. The van der Waals surface area contributed by atoms with Gasteiger partial charge in [-0.05, 0) is 21.3 Å². The average molecular weight is 433 g/mol. The Hall–Kier alpha value is -2.20. The molecule has 2 aromatic rings. The summed E-state index contributed by atoms with van der Waals surface area (Å²) in [4.78, 5) is 0. The van der Waals surface area contributed by atoms with E-state index in [2.05, 4.69) is 108 Å². The maximum Gasteiger partial charge on any atom is 0.261 e. The van der Waals surface area contributed by atoms with Gasteiger partial charge in [0.15, 0.2) is 0 Å². The molecule has 3 rings (SSSR count). The number of hydrogen-bond acceptors (Lipinski definition) is 2. The van der Waals surface area contributed by atoms with E-state index in [-0.39, 0.29) is 23.2 Å². The van der Waals surface area contributed by atoms with E-state index in [1.54, 1.807) is 6.08 Å². The smallest absolute Gasteiger partial charge is 0.261 e. The van der Waals surface area contributed by atoms with E-state index < -0.39 is 8.32 Å². The second-order valence-corrected chi connectivity index (χ2v) is 13.7. The summed E-state index contributed by atoms with van der Waals surface area (Å²) in [5.74, 6) is 0.580. The molecular weight excluding hydrogens is 396 g/mol. The van der Waals surface area contributed by atoms with Crippen LogP contribution < -0.4 is 10.4 Å². The highest BCUT2D eigenvalue weighted by molar-refractivity contribution is 6.99. The minimum Gasteiger partial charge on any atom is -0.407 e. The molecule has 3 heteroatoms. The predicted molar refractivity (Wildman–Crippen MR) is 134 cm³/mol. The van der Waals surface area contributed by atoms with Crippen LogP contribution in [0.3, 0.4) is 0 Å². The number of rotatable bonds is 8. The van der Waals surface area contributed by atoms with Gasteiger partial charge in [-0.3, -0.25) is 0 Å². The van der Waals surface area contributed by atoms with Crippen molar-refractivity contribution in [2.45, 2.75) is 44.9 Å². The van der Waals surface area contributed by atoms with Crippen molar-refractivity contribution < 1.29 is 9.16 Å². The van der Waals surface area contributed by atoms with Crippen LogP contribution >= 0.6 is 0 Å². The zero-order chi connectivity index (χ0) is 22.5. The Kier molecular flexibility index (Phi) is 7.53. The van der Waals surface area contributed by atoms with Crippen LogP contribution in [0, 0.1) is 11.8 Å². The van der Waals surface area contributed by atoms with Crippen LogP contribution in [0.15, 0.2) is 98.1 Å². The molecule has 1 saturated heterocycles. The summed E-state index contributed by atoms with van der Waals surface area (Å²) >= 11 is 0. The van der Waals surface area contributed by atoms with Gasteiger partial charge in [0.25, 0.3) is 8.32 Å². The molecule has 0 aromatic heterocycles. The van der Waals surface area contributed by atoms with Crippen LogP contribution in [-0.2, 0) is 9.16 Å². The molecule has 2 aromatic carbocycles. The highest BCUT2D eigenvalue weighted by Crippen LogP contribution is 2.40. The van der Waals surface area contributed by atoms with Crippen LogP contribution in [0.4, 0.5) is 0 Å². The van der Waals surface area contributed by atoms with Crippen molar-refractivity contribution in [3.63, 3.8) is 0 Å². The molecule has 0 bridgehead atoms. The standard InChI is InChI=1S/C28H36O2Si/c1-7-9-20-27-22(3)25(26(8-2)30-27)21-29-31(28(4,5)6,23-16-12-10-13-17-23)24-18-14-11-15-19-24/h7-20,22,25-27H,1-2,21H2,3-6H3/b20-9+/t22-,25+,26-,27+/m0/s1. The van der Waals surface area contributed by atoms with Gasteiger partial charge < -0.3 is 9.16 Å². The van der Waals surface area contributed by atoms with E-state index in [4.69, 9.17) is 9.16 Å². The van der Waals surface area contributed by atoms with E-state index in [0.717, 1.165) is 0 Å². The average Bonchev–Trinajstić information content (AvgIpc) is 3.08. The maximum absolute atomic E-state index is 7.17. The molecule has 1 aliphatic rings. The number of hydrogen-bond donors (Lipinski definition) is 0. The summed E-state index contributed by atoms with van der Waals surface area (Å²) in [7, 11) is -2.56. The monoisotopic (exact) mass is 432 g/mol. The zero-order valence-electron chi connectivity index (χ0n) is 19.3. The van der Waals surface area contributed by atoms with E-state index in [1.165, 1.54) is 10.4 Å².